The zero-order valence-corrected chi connectivity index (χ0v) is 17.7. The largest absolute Gasteiger partial charge is 0.497 e. The number of rotatable bonds is 9. The first kappa shape index (κ1) is 21.0. The van der Waals surface area contributed by atoms with Gasteiger partial charge in [0.2, 0.25) is 5.91 Å². The Morgan fingerprint density at radius 3 is 2.48 bits per heavy atom. The first-order valence-corrected chi connectivity index (χ1v) is 10.2. The molecule has 0 aliphatic rings. The summed E-state index contributed by atoms with van der Waals surface area (Å²) in [6, 6.07) is 14.4. The van der Waals surface area contributed by atoms with E-state index in [0.29, 0.717) is 28.9 Å². The first-order chi connectivity index (χ1) is 14.0. The van der Waals surface area contributed by atoms with Gasteiger partial charge in [-0.2, -0.15) is 0 Å². The number of nitrogens with one attached hydrogen (secondary N) is 1. The molecule has 152 valence electrons. The van der Waals surface area contributed by atoms with Crippen molar-refractivity contribution in [3.63, 3.8) is 0 Å². The molecule has 7 nitrogen and oxygen atoms in total. The van der Waals surface area contributed by atoms with Gasteiger partial charge in [-0.15, -0.1) is 10.2 Å². The molecule has 1 heterocycles. The molecule has 1 amide bonds. The molecule has 3 rings (SSSR count). The quantitative estimate of drug-likeness (QED) is 0.409. The topological polar surface area (TPSA) is 78.3 Å². The molecule has 0 fully saturated rings. The molecular weight excluding hydrogens is 412 g/mol. The molecule has 1 aromatic heterocycles. The van der Waals surface area contributed by atoms with Crippen molar-refractivity contribution in [2.45, 2.75) is 11.6 Å². The summed E-state index contributed by atoms with van der Waals surface area (Å²) in [6.07, 6.45) is 0.134. The van der Waals surface area contributed by atoms with E-state index in [4.69, 9.17) is 21.1 Å². The zero-order chi connectivity index (χ0) is 20.6. The van der Waals surface area contributed by atoms with E-state index < -0.39 is 0 Å². The highest BCUT2D eigenvalue weighted by Gasteiger charge is 2.13. The van der Waals surface area contributed by atoms with Crippen LogP contribution in [0, 0.1) is 0 Å². The predicted molar refractivity (Wildman–Crippen MR) is 114 cm³/mol. The molecule has 2 aromatic carbocycles. The Morgan fingerprint density at radius 2 is 1.79 bits per heavy atom. The summed E-state index contributed by atoms with van der Waals surface area (Å²) in [6.45, 7) is 0.524. The molecule has 3 aromatic rings. The predicted octanol–water partition coefficient (Wildman–Crippen LogP) is 3.83. The van der Waals surface area contributed by atoms with Crippen LogP contribution >= 0.6 is 23.4 Å². The molecule has 0 radical (unpaired) electrons. The summed E-state index contributed by atoms with van der Waals surface area (Å²) in [5.41, 5.74) is 0.687. The number of benzene rings is 2. The fraction of sp³-hybridized carbons (Fsp3) is 0.250. The van der Waals surface area contributed by atoms with Gasteiger partial charge in [-0.25, -0.2) is 0 Å². The summed E-state index contributed by atoms with van der Waals surface area (Å²) >= 11 is 7.37. The smallest absolute Gasteiger partial charge is 0.232 e. The second-order valence-electron chi connectivity index (χ2n) is 6.06. The summed E-state index contributed by atoms with van der Waals surface area (Å²) in [5, 5.41) is 12.5. The Labute approximate surface area is 178 Å². The van der Waals surface area contributed by atoms with E-state index in [1.807, 2.05) is 35.9 Å². The third kappa shape index (κ3) is 6.13. The van der Waals surface area contributed by atoms with Gasteiger partial charge in [0, 0.05) is 23.5 Å². The highest BCUT2D eigenvalue weighted by atomic mass is 35.5. The number of methoxy groups -OCH3 is 1. The van der Waals surface area contributed by atoms with Crippen molar-refractivity contribution in [1.82, 2.24) is 14.8 Å². The van der Waals surface area contributed by atoms with Gasteiger partial charge in [-0.1, -0.05) is 23.4 Å². The van der Waals surface area contributed by atoms with E-state index in [2.05, 4.69) is 15.5 Å². The highest BCUT2D eigenvalue weighted by molar-refractivity contribution is 7.99. The van der Waals surface area contributed by atoms with E-state index in [1.165, 1.54) is 11.8 Å². The van der Waals surface area contributed by atoms with Gasteiger partial charge in [0.15, 0.2) is 5.16 Å². The number of amides is 1. The van der Waals surface area contributed by atoms with E-state index in [-0.39, 0.29) is 12.3 Å². The Kier molecular flexibility index (Phi) is 7.37. The third-order valence-corrected chi connectivity index (χ3v) is 5.25. The fourth-order valence-corrected chi connectivity index (χ4v) is 3.34. The maximum Gasteiger partial charge on any atom is 0.232 e. The number of thioether (sulfide) groups is 1. The number of nitrogens with zero attached hydrogens (tertiary/aromatic N) is 3. The van der Waals surface area contributed by atoms with Crippen LogP contribution in [0.4, 0.5) is 5.69 Å². The fourth-order valence-electron chi connectivity index (χ4n) is 2.47. The second-order valence-corrected chi connectivity index (χ2v) is 7.56. The lowest BCUT2D eigenvalue weighted by atomic mass is 10.3. The van der Waals surface area contributed by atoms with Crippen molar-refractivity contribution in [2.75, 3.05) is 24.8 Å². The van der Waals surface area contributed by atoms with E-state index in [0.717, 1.165) is 16.7 Å². The molecule has 0 spiro atoms. The average Bonchev–Trinajstić information content (AvgIpc) is 3.07. The van der Waals surface area contributed by atoms with Gasteiger partial charge < -0.3 is 19.4 Å². The number of hydrogen-bond acceptors (Lipinski definition) is 6. The zero-order valence-electron chi connectivity index (χ0n) is 16.1. The van der Waals surface area contributed by atoms with Crippen LogP contribution in [-0.4, -0.2) is 40.1 Å². The van der Waals surface area contributed by atoms with E-state index >= 15 is 0 Å². The molecule has 9 heteroatoms. The summed E-state index contributed by atoms with van der Waals surface area (Å²) in [4.78, 5) is 12.2. The third-order valence-electron chi connectivity index (χ3n) is 4.01. The van der Waals surface area contributed by atoms with Crippen LogP contribution in [0.15, 0.2) is 53.7 Å². The monoisotopic (exact) mass is 432 g/mol. The maximum atomic E-state index is 12.2. The van der Waals surface area contributed by atoms with E-state index in [1.54, 1.807) is 31.4 Å². The number of anilines is 1. The summed E-state index contributed by atoms with van der Waals surface area (Å²) < 4.78 is 12.6. The van der Waals surface area contributed by atoms with Crippen LogP contribution < -0.4 is 14.8 Å². The van der Waals surface area contributed by atoms with Crippen molar-refractivity contribution in [1.29, 1.82) is 0 Å². The van der Waals surface area contributed by atoms with Crippen molar-refractivity contribution in [3.8, 4) is 11.5 Å². The van der Waals surface area contributed by atoms with Crippen LogP contribution in [0.5, 0.6) is 11.5 Å². The lowest BCUT2D eigenvalue weighted by Gasteiger charge is -2.07. The SMILES string of the molecule is COc1ccc(OCCSc2nnc(CC(=O)Nc3ccc(Cl)cc3)n2C)cc1. The molecule has 1 N–H and O–H groups in total. The van der Waals surface area contributed by atoms with Gasteiger partial charge in [0.1, 0.15) is 17.3 Å². The molecule has 0 saturated heterocycles. The molecule has 0 aliphatic carbocycles. The molecule has 0 bridgehead atoms. The van der Waals surface area contributed by atoms with Crippen molar-refractivity contribution >= 4 is 35.0 Å². The Hall–Kier alpha value is -2.71. The molecule has 0 unspecified atom stereocenters. The van der Waals surface area contributed by atoms with Gasteiger partial charge in [0.25, 0.3) is 0 Å². The van der Waals surface area contributed by atoms with Gasteiger partial charge in [-0.05, 0) is 48.5 Å². The van der Waals surface area contributed by atoms with Crippen molar-refractivity contribution < 1.29 is 14.3 Å². The number of carbonyl (C=O) groups excluding carboxylic acids is 1. The number of ether oxygens (including phenoxy) is 2. The van der Waals surface area contributed by atoms with Crippen LogP contribution in [0.1, 0.15) is 5.82 Å². The molecule has 0 aliphatic heterocycles. The summed E-state index contributed by atoms with van der Waals surface area (Å²) in [5.74, 6) is 2.70. The minimum atomic E-state index is -0.165. The van der Waals surface area contributed by atoms with Gasteiger partial charge in [-0.3, -0.25) is 4.79 Å². The minimum Gasteiger partial charge on any atom is -0.497 e. The maximum absolute atomic E-state index is 12.2. The Morgan fingerprint density at radius 1 is 1.10 bits per heavy atom. The van der Waals surface area contributed by atoms with E-state index in [9.17, 15) is 4.79 Å². The molecular formula is C20H21ClN4O3S. The number of halogens is 1. The van der Waals surface area contributed by atoms with Crippen LogP contribution in [0.3, 0.4) is 0 Å². The summed E-state index contributed by atoms with van der Waals surface area (Å²) in [7, 11) is 3.47. The number of hydrogen-bond donors (Lipinski definition) is 1. The Balaban J connectivity index is 1.45. The average molecular weight is 433 g/mol. The normalized spacial score (nSPS) is 10.6. The highest BCUT2D eigenvalue weighted by Crippen LogP contribution is 2.19. The number of carbonyl (C=O) groups is 1. The molecule has 29 heavy (non-hydrogen) atoms. The first-order valence-electron chi connectivity index (χ1n) is 8.88. The van der Waals surface area contributed by atoms with Crippen LogP contribution in [-0.2, 0) is 18.3 Å². The van der Waals surface area contributed by atoms with Crippen LogP contribution in [0.25, 0.3) is 0 Å². The van der Waals surface area contributed by atoms with Crippen molar-refractivity contribution in [2.24, 2.45) is 7.05 Å². The minimum absolute atomic E-state index is 0.134. The molecule has 0 atom stereocenters. The Bertz CT molecular complexity index is 945. The second kappa shape index (κ2) is 10.2. The van der Waals surface area contributed by atoms with Gasteiger partial charge in [0.05, 0.1) is 20.1 Å². The van der Waals surface area contributed by atoms with Crippen molar-refractivity contribution in [3.05, 3.63) is 59.4 Å². The molecule has 0 saturated carbocycles. The van der Waals surface area contributed by atoms with Crippen LogP contribution in [0.2, 0.25) is 5.02 Å². The lowest BCUT2D eigenvalue weighted by molar-refractivity contribution is -0.115. The lowest BCUT2D eigenvalue weighted by Crippen LogP contribution is -2.17. The standard InChI is InChI=1S/C20H21ClN4O3S/c1-25-18(13-19(26)22-15-5-3-14(21)4-6-15)23-24-20(25)29-12-11-28-17-9-7-16(27-2)8-10-17/h3-10H,11-13H2,1-2H3,(H,22,26). The van der Waals surface area contributed by atoms with Gasteiger partial charge >= 0.3 is 0 Å². The number of aromatic nitrogens is 3.